The van der Waals surface area contributed by atoms with Crippen molar-refractivity contribution >= 4 is 29.2 Å². The van der Waals surface area contributed by atoms with Gasteiger partial charge in [0.05, 0.1) is 10.7 Å². The highest BCUT2D eigenvalue weighted by atomic mass is 35.5. The van der Waals surface area contributed by atoms with Crippen LogP contribution in [0.25, 0.3) is 11.4 Å². The molecule has 0 bridgehead atoms. The van der Waals surface area contributed by atoms with Crippen LogP contribution in [0, 0.1) is 5.82 Å². The summed E-state index contributed by atoms with van der Waals surface area (Å²) in [4.78, 5) is 9.14. The minimum atomic E-state index is -0.431. The van der Waals surface area contributed by atoms with Gasteiger partial charge in [-0.1, -0.05) is 11.6 Å². The smallest absolute Gasteiger partial charge is 0.161 e. The van der Waals surface area contributed by atoms with E-state index in [0.717, 1.165) is 35.1 Å². The van der Waals surface area contributed by atoms with Crippen LogP contribution in [0.4, 0.5) is 10.2 Å². The van der Waals surface area contributed by atoms with Gasteiger partial charge in [-0.25, -0.2) is 14.4 Å². The Bertz CT molecular complexity index is 663. The Kier molecular flexibility index (Phi) is 3.81. The standard InChI is InChI=1S/C14H13ClFN3S/c1-2-17-14-9-6-20-7-12(9)18-13(19-14)8-3-4-11(16)10(15)5-8/h3-5H,2,6-7H2,1H3,(H,17,18,19). The average molecular weight is 310 g/mol. The van der Waals surface area contributed by atoms with Gasteiger partial charge in [0.1, 0.15) is 11.6 Å². The maximum absolute atomic E-state index is 13.2. The molecular weight excluding hydrogens is 297 g/mol. The normalized spacial score (nSPS) is 13.3. The second-order valence-electron chi connectivity index (χ2n) is 4.47. The lowest BCUT2D eigenvalue weighted by Crippen LogP contribution is -2.06. The molecule has 1 aliphatic heterocycles. The first-order chi connectivity index (χ1) is 9.69. The van der Waals surface area contributed by atoms with E-state index >= 15 is 0 Å². The molecule has 0 saturated carbocycles. The summed E-state index contributed by atoms with van der Waals surface area (Å²) in [5, 5.41) is 3.36. The third-order valence-electron chi connectivity index (χ3n) is 3.10. The van der Waals surface area contributed by atoms with E-state index in [-0.39, 0.29) is 5.02 Å². The lowest BCUT2D eigenvalue weighted by atomic mass is 10.2. The number of hydrogen-bond acceptors (Lipinski definition) is 4. The minimum Gasteiger partial charge on any atom is -0.370 e. The molecule has 0 aliphatic carbocycles. The molecule has 3 nitrogen and oxygen atoms in total. The number of hydrogen-bond donors (Lipinski definition) is 1. The maximum Gasteiger partial charge on any atom is 0.161 e. The van der Waals surface area contributed by atoms with Crippen molar-refractivity contribution in [2.45, 2.75) is 18.4 Å². The van der Waals surface area contributed by atoms with Crippen LogP contribution in [0.15, 0.2) is 18.2 Å². The van der Waals surface area contributed by atoms with E-state index in [4.69, 9.17) is 11.6 Å². The van der Waals surface area contributed by atoms with Crippen molar-refractivity contribution in [1.82, 2.24) is 9.97 Å². The molecule has 3 rings (SSSR count). The summed E-state index contributed by atoms with van der Waals surface area (Å²) in [6.07, 6.45) is 0. The molecule has 6 heteroatoms. The highest BCUT2D eigenvalue weighted by molar-refractivity contribution is 7.98. The number of nitrogens with zero attached hydrogens (tertiary/aromatic N) is 2. The summed E-state index contributed by atoms with van der Waals surface area (Å²) in [5.41, 5.74) is 2.96. The fourth-order valence-electron chi connectivity index (χ4n) is 2.13. The van der Waals surface area contributed by atoms with Gasteiger partial charge < -0.3 is 5.32 Å². The molecule has 1 N–H and O–H groups in total. The highest BCUT2D eigenvalue weighted by Crippen LogP contribution is 2.34. The van der Waals surface area contributed by atoms with E-state index < -0.39 is 5.82 Å². The van der Waals surface area contributed by atoms with Crippen molar-refractivity contribution in [2.24, 2.45) is 0 Å². The van der Waals surface area contributed by atoms with E-state index in [1.54, 1.807) is 12.1 Å². The van der Waals surface area contributed by atoms with Gasteiger partial charge in [-0.15, -0.1) is 0 Å². The zero-order valence-corrected chi connectivity index (χ0v) is 12.5. The topological polar surface area (TPSA) is 37.8 Å². The second-order valence-corrected chi connectivity index (χ2v) is 5.87. The predicted octanol–water partition coefficient (Wildman–Crippen LogP) is 4.11. The van der Waals surface area contributed by atoms with Crippen LogP contribution in [0.2, 0.25) is 5.02 Å². The van der Waals surface area contributed by atoms with Crippen LogP contribution >= 0.6 is 23.4 Å². The zero-order valence-electron chi connectivity index (χ0n) is 10.9. The molecule has 0 radical (unpaired) electrons. The summed E-state index contributed by atoms with van der Waals surface area (Å²) >= 11 is 7.66. The molecule has 0 spiro atoms. The SMILES string of the molecule is CCNc1nc(-c2ccc(F)c(Cl)c2)nc2c1CSC2. The Morgan fingerprint density at radius 1 is 1.35 bits per heavy atom. The third kappa shape index (κ3) is 2.47. The zero-order chi connectivity index (χ0) is 14.1. The van der Waals surface area contributed by atoms with Gasteiger partial charge in [0, 0.05) is 29.2 Å². The largest absolute Gasteiger partial charge is 0.370 e. The Morgan fingerprint density at radius 2 is 2.20 bits per heavy atom. The van der Waals surface area contributed by atoms with Crippen LogP contribution in [0.1, 0.15) is 18.2 Å². The number of fused-ring (bicyclic) bond motifs is 1. The van der Waals surface area contributed by atoms with Crippen LogP contribution in [-0.2, 0) is 11.5 Å². The molecule has 1 aromatic heterocycles. The summed E-state index contributed by atoms with van der Waals surface area (Å²) in [7, 11) is 0. The van der Waals surface area contributed by atoms with E-state index in [1.807, 2.05) is 18.7 Å². The van der Waals surface area contributed by atoms with E-state index in [1.165, 1.54) is 11.6 Å². The van der Waals surface area contributed by atoms with E-state index in [9.17, 15) is 4.39 Å². The third-order valence-corrected chi connectivity index (χ3v) is 4.36. The molecule has 0 amide bonds. The van der Waals surface area contributed by atoms with Crippen molar-refractivity contribution in [3.63, 3.8) is 0 Å². The lowest BCUT2D eigenvalue weighted by Gasteiger charge is -2.10. The summed E-state index contributed by atoms with van der Waals surface area (Å²) < 4.78 is 13.2. The number of nitrogens with one attached hydrogen (secondary N) is 1. The van der Waals surface area contributed by atoms with Crippen LogP contribution in [0.5, 0.6) is 0 Å². The lowest BCUT2D eigenvalue weighted by molar-refractivity contribution is 0.628. The van der Waals surface area contributed by atoms with Crippen molar-refractivity contribution < 1.29 is 4.39 Å². The first-order valence-electron chi connectivity index (χ1n) is 6.36. The van der Waals surface area contributed by atoms with Gasteiger partial charge in [-0.2, -0.15) is 11.8 Å². The van der Waals surface area contributed by atoms with Gasteiger partial charge in [-0.3, -0.25) is 0 Å². The molecule has 0 fully saturated rings. The van der Waals surface area contributed by atoms with Gasteiger partial charge in [-0.05, 0) is 25.1 Å². The van der Waals surface area contributed by atoms with Crippen molar-refractivity contribution in [2.75, 3.05) is 11.9 Å². The van der Waals surface area contributed by atoms with Gasteiger partial charge >= 0.3 is 0 Å². The second kappa shape index (κ2) is 5.58. The van der Waals surface area contributed by atoms with Crippen LogP contribution in [0.3, 0.4) is 0 Å². The average Bonchev–Trinajstić information content (AvgIpc) is 2.90. The van der Waals surface area contributed by atoms with Crippen LogP contribution in [-0.4, -0.2) is 16.5 Å². The predicted molar refractivity (Wildman–Crippen MR) is 81.6 cm³/mol. The fourth-order valence-corrected chi connectivity index (χ4v) is 3.35. The Morgan fingerprint density at radius 3 is 2.95 bits per heavy atom. The van der Waals surface area contributed by atoms with Crippen molar-refractivity contribution in [1.29, 1.82) is 0 Å². The quantitative estimate of drug-likeness (QED) is 0.925. The van der Waals surface area contributed by atoms with Gasteiger partial charge in [0.2, 0.25) is 0 Å². The molecule has 0 atom stereocenters. The summed E-state index contributed by atoms with van der Waals surface area (Å²) in [6.45, 7) is 2.84. The molecule has 1 aromatic carbocycles. The highest BCUT2D eigenvalue weighted by Gasteiger charge is 2.20. The maximum atomic E-state index is 13.2. The monoisotopic (exact) mass is 309 g/mol. The molecule has 1 aliphatic rings. The number of anilines is 1. The number of aromatic nitrogens is 2. The van der Waals surface area contributed by atoms with E-state index in [2.05, 4.69) is 15.3 Å². The molecular formula is C14H13ClFN3S. The summed E-state index contributed by atoms with van der Waals surface area (Å²) in [6, 6.07) is 4.56. The minimum absolute atomic E-state index is 0.0889. The Hall–Kier alpha value is -1.33. The van der Waals surface area contributed by atoms with Crippen molar-refractivity contribution in [3.05, 3.63) is 40.3 Å². The molecule has 104 valence electrons. The molecule has 0 saturated heterocycles. The number of benzene rings is 1. The van der Waals surface area contributed by atoms with Crippen LogP contribution < -0.4 is 5.32 Å². The van der Waals surface area contributed by atoms with Crippen molar-refractivity contribution in [3.8, 4) is 11.4 Å². The van der Waals surface area contributed by atoms with E-state index in [0.29, 0.717) is 5.82 Å². The number of rotatable bonds is 3. The van der Waals surface area contributed by atoms with Gasteiger partial charge in [0.15, 0.2) is 5.82 Å². The molecule has 2 heterocycles. The molecule has 0 unspecified atom stereocenters. The number of thioether (sulfide) groups is 1. The Labute approximate surface area is 126 Å². The number of halogens is 2. The fraction of sp³-hybridized carbons (Fsp3) is 0.286. The Balaban J connectivity index is 2.09. The molecule has 2 aromatic rings. The summed E-state index contributed by atoms with van der Waals surface area (Å²) in [5.74, 6) is 2.85. The first kappa shape index (κ1) is 13.6. The first-order valence-corrected chi connectivity index (χ1v) is 7.89. The van der Waals surface area contributed by atoms with Gasteiger partial charge in [0.25, 0.3) is 0 Å². The molecule has 20 heavy (non-hydrogen) atoms.